The minimum Gasteiger partial charge on any atom is -0.493 e. The number of pyridine rings is 1. The van der Waals surface area contributed by atoms with E-state index in [1.165, 1.54) is 14.0 Å². The van der Waals surface area contributed by atoms with Crippen molar-refractivity contribution in [2.45, 2.75) is 52.0 Å². The zero-order chi connectivity index (χ0) is 23.2. The predicted molar refractivity (Wildman–Crippen MR) is 119 cm³/mol. The van der Waals surface area contributed by atoms with E-state index < -0.39 is 17.0 Å². The van der Waals surface area contributed by atoms with Gasteiger partial charge in [-0.2, -0.15) is 0 Å². The molecular weight excluding hydrogens is 413 g/mol. The number of aromatic nitrogens is 1. The third-order valence-corrected chi connectivity index (χ3v) is 6.88. The standard InChI is InChI=1S/C25H30FNO5/c1-14(28)18-13-27-22(21(26)23(18)29)17-12-19(31-5)20(32-10-6-9-30-4)11-16(17)15-7-8-25(2,3)24(15)27/h11-13,15,24H,6-10H2,1-5H3/t15-,24+/m1/s1. The summed E-state index contributed by atoms with van der Waals surface area (Å²) in [6.45, 7) is 6.66. The van der Waals surface area contributed by atoms with Gasteiger partial charge in [0.1, 0.15) is 0 Å². The maximum Gasteiger partial charge on any atom is 0.228 e. The van der Waals surface area contributed by atoms with Crippen molar-refractivity contribution < 1.29 is 23.4 Å². The SMILES string of the molecule is COCCCOc1cc2c(cc1OC)-c1c(F)c(=O)c(C(C)=O)cn1[C@H]1[C@@H]2CCC1(C)C. The lowest BCUT2D eigenvalue weighted by Crippen LogP contribution is -2.33. The van der Waals surface area contributed by atoms with Crippen molar-refractivity contribution in [3.05, 3.63) is 45.5 Å². The Balaban J connectivity index is 1.94. The fourth-order valence-corrected chi connectivity index (χ4v) is 5.35. The third kappa shape index (κ3) is 3.52. The van der Waals surface area contributed by atoms with E-state index in [4.69, 9.17) is 14.2 Å². The van der Waals surface area contributed by atoms with Gasteiger partial charge in [0, 0.05) is 43.9 Å². The monoisotopic (exact) mass is 443 g/mol. The molecule has 1 aliphatic carbocycles. The van der Waals surface area contributed by atoms with Gasteiger partial charge in [-0.3, -0.25) is 9.59 Å². The lowest BCUT2D eigenvalue weighted by Gasteiger charge is -2.40. The molecule has 1 aliphatic heterocycles. The van der Waals surface area contributed by atoms with E-state index in [9.17, 15) is 9.59 Å². The number of Topliss-reactive ketones (excluding diaryl/α,β-unsaturated/α-hetero) is 1. The summed E-state index contributed by atoms with van der Waals surface area (Å²) in [5.41, 5.74) is 0.692. The van der Waals surface area contributed by atoms with Gasteiger partial charge in [0.2, 0.25) is 5.43 Å². The van der Waals surface area contributed by atoms with Crippen LogP contribution in [0.1, 0.15) is 67.9 Å². The Kier molecular flexibility index (Phi) is 5.88. The molecule has 1 aromatic carbocycles. The van der Waals surface area contributed by atoms with Crippen LogP contribution in [0.5, 0.6) is 11.5 Å². The number of carbonyl (C=O) groups is 1. The van der Waals surface area contributed by atoms with Crippen molar-refractivity contribution in [1.82, 2.24) is 4.57 Å². The minimum atomic E-state index is -0.893. The number of nitrogens with zero attached hydrogens (tertiary/aromatic N) is 1. The van der Waals surface area contributed by atoms with E-state index >= 15 is 4.39 Å². The highest BCUT2D eigenvalue weighted by Crippen LogP contribution is 2.60. The summed E-state index contributed by atoms with van der Waals surface area (Å²) in [5.74, 6) is -0.134. The van der Waals surface area contributed by atoms with Crippen LogP contribution in [0, 0.1) is 11.2 Å². The normalized spacial score (nSPS) is 20.3. The Morgan fingerprint density at radius 3 is 2.62 bits per heavy atom. The van der Waals surface area contributed by atoms with Gasteiger partial charge < -0.3 is 18.8 Å². The van der Waals surface area contributed by atoms with E-state index in [1.54, 1.807) is 19.4 Å². The van der Waals surface area contributed by atoms with Crippen LogP contribution < -0.4 is 14.9 Å². The number of fused-ring (bicyclic) bond motifs is 6. The van der Waals surface area contributed by atoms with Crippen molar-refractivity contribution in [3.8, 4) is 22.8 Å². The van der Waals surface area contributed by atoms with E-state index in [1.807, 2.05) is 10.6 Å². The van der Waals surface area contributed by atoms with Crippen molar-refractivity contribution >= 4 is 5.78 Å². The summed E-state index contributed by atoms with van der Waals surface area (Å²) >= 11 is 0. The first-order valence-electron chi connectivity index (χ1n) is 11.0. The summed E-state index contributed by atoms with van der Waals surface area (Å²) in [6, 6.07) is 3.62. The maximum atomic E-state index is 15.5. The second-order valence-corrected chi connectivity index (χ2v) is 9.36. The molecule has 6 nitrogen and oxygen atoms in total. The van der Waals surface area contributed by atoms with Crippen LogP contribution in [0.15, 0.2) is 23.1 Å². The Morgan fingerprint density at radius 2 is 1.97 bits per heavy atom. The first-order chi connectivity index (χ1) is 15.2. The summed E-state index contributed by atoms with van der Waals surface area (Å²) < 4.78 is 34.0. The van der Waals surface area contributed by atoms with Crippen LogP contribution in [0.3, 0.4) is 0 Å². The van der Waals surface area contributed by atoms with Gasteiger partial charge >= 0.3 is 0 Å². The number of hydrogen-bond acceptors (Lipinski definition) is 5. The molecule has 0 amide bonds. The van der Waals surface area contributed by atoms with Crippen LogP contribution in [0.4, 0.5) is 4.39 Å². The van der Waals surface area contributed by atoms with Gasteiger partial charge in [-0.1, -0.05) is 13.8 Å². The number of methoxy groups -OCH3 is 2. The molecular formula is C25H30FNO5. The number of halogens is 1. The molecule has 1 fully saturated rings. The number of benzene rings is 1. The zero-order valence-corrected chi connectivity index (χ0v) is 19.3. The largest absolute Gasteiger partial charge is 0.493 e. The van der Waals surface area contributed by atoms with Gasteiger partial charge in [-0.15, -0.1) is 0 Å². The molecule has 172 valence electrons. The topological polar surface area (TPSA) is 66.8 Å². The Hall–Kier alpha value is -2.67. The van der Waals surface area contributed by atoms with Gasteiger partial charge in [-0.05, 0) is 42.9 Å². The average molecular weight is 444 g/mol. The molecule has 2 aromatic rings. The zero-order valence-electron chi connectivity index (χ0n) is 19.3. The van der Waals surface area contributed by atoms with E-state index in [2.05, 4.69) is 13.8 Å². The maximum absolute atomic E-state index is 15.5. The highest BCUT2D eigenvalue weighted by Gasteiger charge is 2.48. The molecule has 0 N–H and O–H groups in total. The second-order valence-electron chi connectivity index (χ2n) is 9.36. The second kappa shape index (κ2) is 8.35. The summed E-state index contributed by atoms with van der Waals surface area (Å²) in [6.07, 6.45) is 4.15. The molecule has 0 radical (unpaired) electrons. The first kappa shape index (κ1) is 22.5. The van der Waals surface area contributed by atoms with Crippen LogP contribution >= 0.6 is 0 Å². The number of hydrogen-bond donors (Lipinski definition) is 0. The summed E-state index contributed by atoms with van der Waals surface area (Å²) in [4.78, 5) is 24.8. The van der Waals surface area contributed by atoms with Crippen LogP contribution in [0.2, 0.25) is 0 Å². The van der Waals surface area contributed by atoms with Gasteiger partial charge in [-0.25, -0.2) is 4.39 Å². The molecule has 2 aliphatic rings. The van der Waals surface area contributed by atoms with E-state index in [-0.39, 0.29) is 28.6 Å². The lowest BCUT2D eigenvalue weighted by atomic mass is 9.77. The summed E-state index contributed by atoms with van der Waals surface area (Å²) in [5, 5.41) is 0. The molecule has 1 saturated carbocycles. The molecule has 0 unspecified atom stereocenters. The Morgan fingerprint density at radius 1 is 1.22 bits per heavy atom. The number of rotatable bonds is 7. The number of ether oxygens (including phenoxy) is 3. The Bertz CT molecular complexity index is 1120. The van der Waals surface area contributed by atoms with Gasteiger partial charge in [0.15, 0.2) is 23.1 Å². The van der Waals surface area contributed by atoms with Gasteiger partial charge in [0.25, 0.3) is 0 Å². The van der Waals surface area contributed by atoms with Crippen LogP contribution in [-0.2, 0) is 4.74 Å². The predicted octanol–water partition coefficient (Wildman–Crippen LogP) is 4.74. The third-order valence-electron chi connectivity index (χ3n) is 6.88. The molecule has 7 heteroatoms. The molecule has 0 spiro atoms. The van der Waals surface area contributed by atoms with Crippen LogP contribution in [0.25, 0.3) is 11.3 Å². The smallest absolute Gasteiger partial charge is 0.228 e. The molecule has 0 saturated heterocycles. The highest BCUT2D eigenvalue weighted by atomic mass is 19.1. The average Bonchev–Trinajstić information content (AvgIpc) is 3.08. The molecule has 4 rings (SSSR count). The number of carbonyl (C=O) groups excluding carboxylic acids is 1. The van der Waals surface area contributed by atoms with E-state index in [0.29, 0.717) is 30.3 Å². The fourth-order valence-electron chi connectivity index (χ4n) is 5.35. The minimum absolute atomic E-state index is 0.0760. The molecule has 0 bridgehead atoms. The Labute approximate surface area is 187 Å². The quantitative estimate of drug-likeness (QED) is 0.457. The van der Waals surface area contributed by atoms with Crippen molar-refractivity contribution in [2.75, 3.05) is 27.4 Å². The lowest BCUT2D eigenvalue weighted by molar-refractivity contribution is 0.101. The van der Waals surface area contributed by atoms with Gasteiger partial charge in [0.05, 0.1) is 25.0 Å². The molecule has 2 heterocycles. The van der Waals surface area contributed by atoms with Crippen molar-refractivity contribution in [1.29, 1.82) is 0 Å². The number of ketones is 1. The van der Waals surface area contributed by atoms with E-state index in [0.717, 1.165) is 24.8 Å². The fraction of sp³-hybridized carbons (Fsp3) is 0.520. The van der Waals surface area contributed by atoms with Crippen molar-refractivity contribution in [3.63, 3.8) is 0 Å². The molecule has 1 aromatic heterocycles. The van der Waals surface area contributed by atoms with Crippen molar-refractivity contribution in [2.24, 2.45) is 5.41 Å². The summed E-state index contributed by atoms with van der Waals surface area (Å²) in [7, 11) is 3.18. The molecule has 2 atom stereocenters. The first-order valence-corrected chi connectivity index (χ1v) is 11.0. The molecule has 32 heavy (non-hydrogen) atoms. The highest BCUT2D eigenvalue weighted by molar-refractivity contribution is 5.94. The van der Waals surface area contributed by atoms with Crippen LogP contribution in [-0.4, -0.2) is 37.8 Å².